The first-order chi connectivity index (χ1) is 13.5. The molecule has 0 bridgehead atoms. The number of H-pyrrole nitrogens is 1. The Morgan fingerprint density at radius 3 is 2.61 bits per heavy atom. The quantitative estimate of drug-likeness (QED) is 0.475. The molecule has 0 unspecified atom stereocenters. The van der Waals surface area contributed by atoms with Crippen LogP contribution in [0, 0.1) is 13.8 Å². The number of nitrogens with one attached hydrogen (secondary N) is 1. The van der Waals surface area contributed by atoms with Crippen molar-refractivity contribution in [3.8, 4) is 22.6 Å². The molecule has 4 aromatic heterocycles. The second-order valence-corrected chi connectivity index (χ2v) is 7.76. The van der Waals surface area contributed by atoms with Gasteiger partial charge in [0.1, 0.15) is 22.3 Å². The van der Waals surface area contributed by atoms with Crippen molar-refractivity contribution >= 4 is 22.6 Å². The van der Waals surface area contributed by atoms with Crippen LogP contribution in [-0.2, 0) is 0 Å². The van der Waals surface area contributed by atoms with Gasteiger partial charge in [-0.15, -0.1) is 0 Å². The van der Waals surface area contributed by atoms with E-state index < -0.39 is 0 Å². The zero-order valence-corrected chi connectivity index (χ0v) is 16.3. The number of aromatic nitrogens is 3. The van der Waals surface area contributed by atoms with Crippen molar-refractivity contribution in [1.29, 1.82) is 0 Å². The average molecular weight is 392 g/mol. The number of furan rings is 1. The number of aromatic amines is 1. The first kappa shape index (κ1) is 17.2. The second kappa shape index (κ2) is 6.31. The number of nitrogens with zero attached hydrogens (tertiary/aromatic N) is 2. The molecule has 1 saturated carbocycles. The van der Waals surface area contributed by atoms with Gasteiger partial charge < -0.3 is 9.40 Å². The minimum Gasteiger partial charge on any atom is -0.460 e. The maximum absolute atomic E-state index is 12.8. The van der Waals surface area contributed by atoms with Crippen molar-refractivity contribution in [2.75, 3.05) is 0 Å². The zero-order valence-electron chi connectivity index (χ0n) is 15.5. The Balaban J connectivity index is 1.82. The normalized spacial score (nSPS) is 14.0. The Labute approximate surface area is 166 Å². The smallest absolute Gasteiger partial charge is 0.191 e. The molecular weight excluding hydrogens is 374 g/mol. The van der Waals surface area contributed by atoms with E-state index >= 15 is 0 Å². The summed E-state index contributed by atoms with van der Waals surface area (Å²) in [5.74, 6) is 1.89. The van der Waals surface area contributed by atoms with Crippen molar-refractivity contribution in [3.05, 3.63) is 68.9 Å². The van der Waals surface area contributed by atoms with Gasteiger partial charge in [-0.1, -0.05) is 11.6 Å². The van der Waals surface area contributed by atoms with E-state index in [1.165, 1.54) is 0 Å². The summed E-state index contributed by atoms with van der Waals surface area (Å²) in [6.45, 7) is 3.78. The van der Waals surface area contributed by atoms with Crippen LogP contribution in [0.5, 0.6) is 0 Å². The van der Waals surface area contributed by atoms with Crippen molar-refractivity contribution in [3.63, 3.8) is 0 Å². The van der Waals surface area contributed by atoms with Crippen molar-refractivity contribution in [2.24, 2.45) is 0 Å². The van der Waals surface area contributed by atoms with Crippen molar-refractivity contribution in [2.45, 2.75) is 32.6 Å². The number of hydrogen-bond donors (Lipinski definition) is 1. The fourth-order valence-corrected chi connectivity index (χ4v) is 3.81. The van der Waals surface area contributed by atoms with E-state index in [-0.39, 0.29) is 5.43 Å². The van der Waals surface area contributed by atoms with Crippen LogP contribution in [0.2, 0.25) is 5.15 Å². The van der Waals surface area contributed by atoms with E-state index in [1.54, 1.807) is 12.1 Å². The predicted octanol–water partition coefficient (Wildman–Crippen LogP) is 5.39. The average Bonchev–Trinajstić information content (AvgIpc) is 3.41. The maximum atomic E-state index is 12.8. The molecule has 6 heteroatoms. The monoisotopic (exact) mass is 391 g/mol. The summed E-state index contributed by atoms with van der Waals surface area (Å²) in [5.41, 5.74) is 4.62. The minimum atomic E-state index is -0.0246. The van der Waals surface area contributed by atoms with Crippen LogP contribution in [0.4, 0.5) is 0 Å². The van der Waals surface area contributed by atoms with Gasteiger partial charge in [-0.3, -0.25) is 4.79 Å². The molecule has 0 aliphatic heterocycles. The molecule has 1 aliphatic rings. The molecule has 0 spiro atoms. The lowest BCUT2D eigenvalue weighted by Crippen LogP contribution is -2.07. The Hall–Kier alpha value is -2.92. The Morgan fingerprint density at radius 1 is 1.11 bits per heavy atom. The summed E-state index contributed by atoms with van der Waals surface area (Å²) in [6.07, 6.45) is 2.22. The summed E-state index contributed by atoms with van der Waals surface area (Å²) in [7, 11) is 0. The molecule has 5 nitrogen and oxygen atoms in total. The summed E-state index contributed by atoms with van der Waals surface area (Å²) in [6, 6.07) is 11.1. The van der Waals surface area contributed by atoms with Crippen LogP contribution in [-0.4, -0.2) is 15.0 Å². The van der Waals surface area contributed by atoms with E-state index in [4.69, 9.17) is 21.0 Å². The van der Waals surface area contributed by atoms with Gasteiger partial charge >= 0.3 is 0 Å². The van der Waals surface area contributed by atoms with Gasteiger partial charge in [0.05, 0.1) is 5.39 Å². The highest BCUT2D eigenvalue weighted by atomic mass is 35.5. The fourth-order valence-electron chi connectivity index (χ4n) is 3.56. The van der Waals surface area contributed by atoms with Gasteiger partial charge in [0, 0.05) is 23.0 Å². The third-order valence-electron chi connectivity index (χ3n) is 5.06. The van der Waals surface area contributed by atoms with Crippen LogP contribution >= 0.6 is 11.6 Å². The third kappa shape index (κ3) is 3.02. The predicted molar refractivity (Wildman–Crippen MR) is 110 cm³/mol. The van der Waals surface area contributed by atoms with Gasteiger partial charge in [-0.05, 0) is 68.5 Å². The van der Waals surface area contributed by atoms with Crippen LogP contribution < -0.4 is 5.43 Å². The van der Waals surface area contributed by atoms with Gasteiger partial charge in [-0.2, -0.15) is 0 Å². The van der Waals surface area contributed by atoms with Gasteiger partial charge in [0.2, 0.25) is 0 Å². The zero-order chi connectivity index (χ0) is 19.4. The summed E-state index contributed by atoms with van der Waals surface area (Å²) in [5, 5.41) is 0.951. The van der Waals surface area contributed by atoms with Crippen molar-refractivity contribution in [1.82, 2.24) is 15.0 Å². The van der Waals surface area contributed by atoms with E-state index in [2.05, 4.69) is 9.97 Å². The lowest BCUT2D eigenvalue weighted by molar-refractivity contribution is 0.547. The standard InChI is InChI=1S/C22H18ClN3O2/c1-11-7-14(8-20(23)24-11)15-9-16-18(27)10-17(13-4-5-13)25-22(16)26-21(15)19-6-3-12(2)28-19/h3,6-10,13H,4-5H2,1-2H3,(H,25,26,27). The van der Waals surface area contributed by atoms with E-state index in [9.17, 15) is 4.79 Å². The molecule has 140 valence electrons. The highest BCUT2D eigenvalue weighted by molar-refractivity contribution is 6.29. The van der Waals surface area contributed by atoms with Crippen LogP contribution in [0.3, 0.4) is 0 Å². The number of aryl methyl sites for hydroxylation is 2. The molecule has 1 fully saturated rings. The highest BCUT2D eigenvalue weighted by Crippen LogP contribution is 2.39. The SMILES string of the molecule is Cc1cc(-c2cc3c(=O)cc(C4CC4)[nH]c3nc2-c2ccc(C)o2)cc(Cl)n1. The Morgan fingerprint density at radius 2 is 1.93 bits per heavy atom. The van der Waals surface area contributed by atoms with E-state index in [0.29, 0.717) is 33.6 Å². The molecule has 4 heterocycles. The Bertz CT molecular complexity index is 1260. The maximum Gasteiger partial charge on any atom is 0.191 e. The molecule has 4 aromatic rings. The third-order valence-corrected chi connectivity index (χ3v) is 5.26. The number of hydrogen-bond acceptors (Lipinski definition) is 4. The van der Waals surface area contributed by atoms with Crippen LogP contribution in [0.25, 0.3) is 33.6 Å². The van der Waals surface area contributed by atoms with Crippen LogP contribution in [0.1, 0.15) is 35.9 Å². The highest BCUT2D eigenvalue weighted by Gasteiger charge is 2.26. The molecule has 0 radical (unpaired) electrons. The first-order valence-corrected chi connectivity index (χ1v) is 9.65. The Kier molecular flexibility index (Phi) is 3.88. The molecule has 1 aliphatic carbocycles. The largest absolute Gasteiger partial charge is 0.460 e. The molecule has 0 saturated heterocycles. The lowest BCUT2D eigenvalue weighted by Gasteiger charge is -2.11. The second-order valence-electron chi connectivity index (χ2n) is 7.37. The molecular formula is C22H18ClN3O2. The summed E-state index contributed by atoms with van der Waals surface area (Å²) in [4.78, 5) is 25.2. The number of halogens is 1. The summed E-state index contributed by atoms with van der Waals surface area (Å²) >= 11 is 6.19. The molecule has 0 aromatic carbocycles. The van der Waals surface area contributed by atoms with Gasteiger partial charge in [0.25, 0.3) is 0 Å². The topological polar surface area (TPSA) is 71.8 Å². The molecule has 0 atom stereocenters. The molecule has 0 amide bonds. The molecule has 28 heavy (non-hydrogen) atoms. The number of rotatable bonds is 3. The molecule has 5 rings (SSSR count). The van der Waals surface area contributed by atoms with Crippen LogP contribution in [0.15, 0.2) is 45.6 Å². The first-order valence-electron chi connectivity index (χ1n) is 9.27. The molecule has 1 N–H and O–H groups in total. The van der Waals surface area contributed by atoms with Gasteiger partial charge in [0.15, 0.2) is 11.2 Å². The summed E-state index contributed by atoms with van der Waals surface area (Å²) < 4.78 is 5.86. The minimum absolute atomic E-state index is 0.0246. The number of pyridine rings is 3. The van der Waals surface area contributed by atoms with E-state index in [0.717, 1.165) is 41.1 Å². The van der Waals surface area contributed by atoms with Gasteiger partial charge in [-0.25, -0.2) is 9.97 Å². The lowest BCUT2D eigenvalue weighted by atomic mass is 10.0. The van der Waals surface area contributed by atoms with Crippen molar-refractivity contribution < 1.29 is 4.42 Å². The number of fused-ring (bicyclic) bond motifs is 1. The fraction of sp³-hybridized carbons (Fsp3) is 0.227. The van der Waals surface area contributed by atoms with E-state index in [1.807, 2.05) is 38.1 Å².